The predicted molar refractivity (Wildman–Crippen MR) is 109 cm³/mol. The zero-order chi connectivity index (χ0) is 19.5. The van der Waals surface area contributed by atoms with E-state index in [-0.39, 0.29) is 11.9 Å². The molecule has 0 unspecified atom stereocenters. The number of aromatic amines is 1. The van der Waals surface area contributed by atoms with Gasteiger partial charge in [0, 0.05) is 17.1 Å². The normalized spacial score (nSPS) is 12.1. The number of nitrogens with one attached hydrogen (secondary N) is 3. The fraction of sp³-hybridized carbons (Fsp3) is 0.190. The molecule has 2 aromatic heterocycles. The lowest BCUT2D eigenvalue weighted by Gasteiger charge is -2.16. The number of halogens is 1. The van der Waals surface area contributed by atoms with Crippen molar-refractivity contribution in [3.8, 4) is 0 Å². The van der Waals surface area contributed by atoms with Crippen LogP contribution in [0.1, 0.15) is 31.1 Å². The molecule has 28 heavy (non-hydrogen) atoms. The van der Waals surface area contributed by atoms with Gasteiger partial charge in [-0.3, -0.25) is 5.10 Å². The largest absolute Gasteiger partial charge is 0.348 e. The van der Waals surface area contributed by atoms with Gasteiger partial charge in [0.15, 0.2) is 5.82 Å². The van der Waals surface area contributed by atoms with Crippen LogP contribution in [0.4, 0.5) is 22.0 Å². The van der Waals surface area contributed by atoms with E-state index in [0.29, 0.717) is 17.6 Å². The average Bonchev–Trinajstić information content (AvgIpc) is 3.15. The summed E-state index contributed by atoms with van der Waals surface area (Å²) in [4.78, 5) is 9.24. The first-order chi connectivity index (χ1) is 13.6. The first-order valence-electron chi connectivity index (χ1n) is 9.22. The molecule has 3 N–H and O–H groups in total. The van der Waals surface area contributed by atoms with Crippen molar-refractivity contribution in [2.45, 2.75) is 26.3 Å². The fourth-order valence-corrected chi connectivity index (χ4v) is 3.02. The van der Waals surface area contributed by atoms with Gasteiger partial charge in [-0.25, -0.2) is 9.37 Å². The Balaban J connectivity index is 1.67. The van der Waals surface area contributed by atoms with Gasteiger partial charge >= 0.3 is 0 Å². The van der Waals surface area contributed by atoms with Gasteiger partial charge in [-0.2, -0.15) is 10.1 Å². The molecule has 4 aromatic rings. The minimum absolute atomic E-state index is 0.151. The van der Waals surface area contributed by atoms with Crippen molar-refractivity contribution in [2.75, 3.05) is 10.6 Å². The maximum Gasteiger partial charge on any atom is 0.225 e. The molecule has 1 atom stereocenters. The highest BCUT2D eigenvalue weighted by atomic mass is 19.1. The fourth-order valence-electron chi connectivity index (χ4n) is 3.02. The highest BCUT2D eigenvalue weighted by Gasteiger charge is 2.12. The van der Waals surface area contributed by atoms with Crippen LogP contribution >= 0.6 is 0 Å². The summed E-state index contributed by atoms with van der Waals surface area (Å²) in [6.45, 7) is 4.01. The molecule has 2 aromatic carbocycles. The van der Waals surface area contributed by atoms with Crippen LogP contribution in [0.5, 0.6) is 0 Å². The van der Waals surface area contributed by atoms with Crippen molar-refractivity contribution < 1.29 is 4.39 Å². The van der Waals surface area contributed by atoms with Crippen LogP contribution < -0.4 is 10.6 Å². The lowest BCUT2D eigenvalue weighted by Crippen LogP contribution is -2.11. The van der Waals surface area contributed by atoms with E-state index in [9.17, 15) is 4.39 Å². The molecular weight excluding hydrogens is 355 g/mol. The molecule has 4 rings (SSSR count). The molecule has 142 valence electrons. The Bertz CT molecular complexity index is 1110. The smallest absolute Gasteiger partial charge is 0.225 e. The third-order valence-corrected chi connectivity index (χ3v) is 4.56. The van der Waals surface area contributed by atoms with E-state index in [1.165, 1.54) is 12.1 Å². The summed E-state index contributed by atoms with van der Waals surface area (Å²) >= 11 is 0. The Kier molecular flexibility index (Phi) is 4.89. The van der Waals surface area contributed by atoms with E-state index in [2.05, 4.69) is 37.7 Å². The minimum atomic E-state index is -0.266. The number of hydrogen-bond donors (Lipinski definition) is 3. The summed E-state index contributed by atoms with van der Waals surface area (Å²) in [5, 5.41) is 14.7. The standard InChI is InChI=1S/C21H21FN6/c1-3-16-12-19(28-27-16)25-20-17-9-4-5-10-18(17)24-21(26-20)23-13(2)14-7-6-8-15(22)11-14/h4-13H,3H2,1-2H3,(H3,23,24,25,26,27,28)/t13-/m0/s1. The molecule has 0 amide bonds. The number of anilines is 3. The Morgan fingerprint density at radius 3 is 2.71 bits per heavy atom. The van der Waals surface area contributed by atoms with Crippen molar-refractivity contribution in [1.82, 2.24) is 20.2 Å². The molecular formula is C21H21FN6. The van der Waals surface area contributed by atoms with E-state index < -0.39 is 0 Å². The van der Waals surface area contributed by atoms with Gasteiger partial charge in [-0.05, 0) is 43.2 Å². The number of H-pyrrole nitrogens is 1. The highest BCUT2D eigenvalue weighted by Crippen LogP contribution is 2.26. The van der Waals surface area contributed by atoms with Crippen LogP contribution in [-0.2, 0) is 6.42 Å². The van der Waals surface area contributed by atoms with Gasteiger partial charge in [-0.15, -0.1) is 0 Å². The SMILES string of the molecule is CCc1cc(Nc2nc(N[C@@H](C)c3cccc(F)c3)nc3ccccc23)n[nH]1. The number of hydrogen-bond acceptors (Lipinski definition) is 5. The van der Waals surface area contributed by atoms with Crippen LogP contribution in [0.3, 0.4) is 0 Å². The summed E-state index contributed by atoms with van der Waals surface area (Å²) in [7, 11) is 0. The molecule has 2 heterocycles. The Morgan fingerprint density at radius 2 is 1.93 bits per heavy atom. The molecule has 7 heteroatoms. The Hall–Kier alpha value is -3.48. The minimum Gasteiger partial charge on any atom is -0.348 e. The maximum atomic E-state index is 13.5. The predicted octanol–water partition coefficient (Wildman–Crippen LogP) is 4.97. The van der Waals surface area contributed by atoms with E-state index in [4.69, 9.17) is 0 Å². The second-order valence-electron chi connectivity index (χ2n) is 6.59. The first kappa shape index (κ1) is 17.9. The van der Waals surface area contributed by atoms with Crippen molar-refractivity contribution in [1.29, 1.82) is 0 Å². The number of nitrogens with zero attached hydrogens (tertiary/aromatic N) is 3. The molecule has 0 radical (unpaired) electrons. The topological polar surface area (TPSA) is 78.5 Å². The monoisotopic (exact) mass is 376 g/mol. The molecule has 0 saturated carbocycles. The van der Waals surface area contributed by atoms with E-state index in [0.717, 1.165) is 28.6 Å². The third-order valence-electron chi connectivity index (χ3n) is 4.56. The van der Waals surface area contributed by atoms with E-state index in [1.807, 2.05) is 43.3 Å². The average molecular weight is 376 g/mol. The maximum absolute atomic E-state index is 13.5. The van der Waals surface area contributed by atoms with Gasteiger partial charge in [-0.1, -0.05) is 31.2 Å². The molecule has 0 spiro atoms. The highest BCUT2D eigenvalue weighted by molar-refractivity contribution is 5.91. The first-order valence-corrected chi connectivity index (χ1v) is 9.22. The number of para-hydroxylation sites is 1. The van der Waals surface area contributed by atoms with Gasteiger partial charge in [0.2, 0.25) is 5.95 Å². The van der Waals surface area contributed by atoms with Crippen LogP contribution in [0.2, 0.25) is 0 Å². The molecule has 0 bridgehead atoms. The molecule has 0 aliphatic heterocycles. The van der Waals surface area contributed by atoms with Crippen molar-refractivity contribution in [3.63, 3.8) is 0 Å². The van der Waals surface area contributed by atoms with Gasteiger partial charge < -0.3 is 10.6 Å². The molecule has 0 saturated heterocycles. The Labute approximate surface area is 162 Å². The number of benzene rings is 2. The zero-order valence-corrected chi connectivity index (χ0v) is 15.7. The van der Waals surface area contributed by atoms with Crippen LogP contribution in [0, 0.1) is 5.82 Å². The zero-order valence-electron chi connectivity index (χ0n) is 15.7. The Morgan fingerprint density at radius 1 is 1.07 bits per heavy atom. The molecule has 0 fully saturated rings. The van der Waals surface area contributed by atoms with Crippen molar-refractivity contribution in [2.24, 2.45) is 0 Å². The number of fused-ring (bicyclic) bond motifs is 1. The van der Waals surface area contributed by atoms with Crippen molar-refractivity contribution in [3.05, 3.63) is 71.7 Å². The number of aryl methyl sites for hydroxylation is 1. The third kappa shape index (κ3) is 3.78. The van der Waals surface area contributed by atoms with Gasteiger partial charge in [0.1, 0.15) is 11.6 Å². The quantitative estimate of drug-likeness (QED) is 0.443. The second kappa shape index (κ2) is 7.64. The summed E-state index contributed by atoms with van der Waals surface area (Å²) < 4.78 is 13.5. The van der Waals surface area contributed by atoms with Crippen LogP contribution in [0.25, 0.3) is 10.9 Å². The molecule has 0 aliphatic carbocycles. The van der Waals surface area contributed by atoms with E-state index in [1.54, 1.807) is 6.07 Å². The van der Waals surface area contributed by atoms with E-state index >= 15 is 0 Å². The second-order valence-corrected chi connectivity index (χ2v) is 6.59. The molecule has 6 nitrogen and oxygen atoms in total. The number of aromatic nitrogens is 4. The van der Waals surface area contributed by atoms with Gasteiger partial charge in [0.05, 0.1) is 11.6 Å². The van der Waals surface area contributed by atoms with Crippen molar-refractivity contribution >= 4 is 28.5 Å². The lowest BCUT2D eigenvalue weighted by molar-refractivity contribution is 0.623. The molecule has 0 aliphatic rings. The summed E-state index contributed by atoms with van der Waals surface area (Å²) in [6.07, 6.45) is 0.872. The lowest BCUT2D eigenvalue weighted by atomic mass is 10.1. The van der Waals surface area contributed by atoms with Crippen LogP contribution in [-0.4, -0.2) is 20.2 Å². The summed E-state index contributed by atoms with van der Waals surface area (Å²) in [5.74, 6) is 1.56. The summed E-state index contributed by atoms with van der Waals surface area (Å²) in [5.41, 5.74) is 2.67. The number of rotatable bonds is 6. The van der Waals surface area contributed by atoms with Gasteiger partial charge in [0.25, 0.3) is 0 Å². The summed E-state index contributed by atoms with van der Waals surface area (Å²) in [6, 6.07) is 16.1. The van der Waals surface area contributed by atoms with Crippen LogP contribution in [0.15, 0.2) is 54.6 Å².